The first kappa shape index (κ1) is 21.1. The molecule has 5 nitrogen and oxygen atoms in total. The Morgan fingerprint density at radius 3 is 2.65 bits per heavy atom. The van der Waals surface area contributed by atoms with Gasteiger partial charge in [-0.05, 0) is 73.3 Å². The highest BCUT2D eigenvalue weighted by atomic mass is 16.1. The predicted molar refractivity (Wildman–Crippen MR) is 125 cm³/mol. The van der Waals surface area contributed by atoms with E-state index in [0.29, 0.717) is 12.0 Å². The van der Waals surface area contributed by atoms with Gasteiger partial charge in [-0.3, -0.25) is 14.5 Å². The molecule has 4 rings (SSSR count). The van der Waals surface area contributed by atoms with Gasteiger partial charge in [-0.15, -0.1) is 0 Å². The summed E-state index contributed by atoms with van der Waals surface area (Å²) in [5.74, 6) is -0.334. The Morgan fingerprint density at radius 1 is 1.06 bits per heavy atom. The van der Waals surface area contributed by atoms with Gasteiger partial charge < -0.3 is 10.7 Å². The van der Waals surface area contributed by atoms with Crippen LogP contribution in [0.4, 0.5) is 0 Å². The number of allylic oxidation sites excluding steroid dienone is 1. The molecule has 3 aromatic rings. The van der Waals surface area contributed by atoms with Crippen LogP contribution in [0, 0.1) is 6.92 Å². The zero-order valence-electron chi connectivity index (χ0n) is 18.0. The molecule has 31 heavy (non-hydrogen) atoms. The van der Waals surface area contributed by atoms with E-state index in [9.17, 15) is 9.59 Å². The number of carbonyl (C=O) groups is 2. The smallest absolute Gasteiger partial charge is 0.250 e. The number of ketones is 1. The van der Waals surface area contributed by atoms with Gasteiger partial charge in [0.15, 0.2) is 5.78 Å². The molecule has 1 aliphatic heterocycles. The molecular weight excluding hydrogens is 386 g/mol. The number of fused-ring (bicyclic) bond motifs is 1. The van der Waals surface area contributed by atoms with E-state index in [1.54, 1.807) is 12.1 Å². The lowest BCUT2D eigenvalue weighted by Gasteiger charge is -2.24. The molecule has 1 aliphatic rings. The molecule has 1 amide bonds. The fourth-order valence-corrected chi connectivity index (χ4v) is 4.49. The molecule has 1 saturated heterocycles. The van der Waals surface area contributed by atoms with Crippen molar-refractivity contribution in [3.63, 3.8) is 0 Å². The Kier molecular flexibility index (Phi) is 6.33. The van der Waals surface area contributed by atoms with Crippen LogP contribution in [0.5, 0.6) is 0 Å². The van der Waals surface area contributed by atoms with Crippen LogP contribution in [0.3, 0.4) is 0 Å². The molecule has 0 unspecified atom stereocenters. The number of benzene rings is 2. The lowest BCUT2D eigenvalue weighted by atomic mass is 9.91. The molecule has 3 N–H and O–H groups in total. The Hall–Kier alpha value is -3.18. The van der Waals surface area contributed by atoms with Gasteiger partial charge in [-0.25, -0.2) is 0 Å². The van der Waals surface area contributed by atoms with Crippen LogP contribution >= 0.6 is 0 Å². The monoisotopic (exact) mass is 415 g/mol. The van der Waals surface area contributed by atoms with Crippen molar-refractivity contribution in [2.24, 2.45) is 5.73 Å². The highest BCUT2D eigenvalue weighted by Gasteiger charge is 2.15. The van der Waals surface area contributed by atoms with Gasteiger partial charge in [-0.2, -0.15) is 0 Å². The van der Waals surface area contributed by atoms with E-state index in [2.05, 4.69) is 22.9 Å². The molecule has 2 heterocycles. The van der Waals surface area contributed by atoms with E-state index >= 15 is 0 Å². The SMILES string of the molecule is Cc1c(CC(=O)/C=C/CN2CCCCC2)cccc1-c1ccc(C(N)=O)c2[nH]ccc12. The third kappa shape index (κ3) is 4.62. The number of nitrogens with two attached hydrogens (primary N) is 1. The first-order valence-electron chi connectivity index (χ1n) is 10.9. The van der Waals surface area contributed by atoms with Crippen LogP contribution in [0.15, 0.2) is 54.7 Å². The number of aromatic amines is 1. The molecule has 2 aromatic carbocycles. The van der Waals surface area contributed by atoms with Crippen molar-refractivity contribution < 1.29 is 9.59 Å². The van der Waals surface area contributed by atoms with Crippen molar-refractivity contribution in [3.8, 4) is 11.1 Å². The van der Waals surface area contributed by atoms with Crippen LogP contribution < -0.4 is 5.73 Å². The lowest BCUT2D eigenvalue weighted by Crippen LogP contribution is -2.29. The summed E-state index contributed by atoms with van der Waals surface area (Å²) in [6.07, 6.45) is 9.74. The number of hydrogen-bond acceptors (Lipinski definition) is 3. The minimum Gasteiger partial charge on any atom is -0.366 e. The fraction of sp³-hybridized carbons (Fsp3) is 0.308. The average Bonchev–Trinajstić information content (AvgIpc) is 3.25. The topological polar surface area (TPSA) is 79.2 Å². The first-order chi connectivity index (χ1) is 15.0. The van der Waals surface area contributed by atoms with Crippen LogP contribution in [-0.2, 0) is 11.2 Å². The van der Waals surface area contributed by atoms with Crippen molar-refractivity contribution in [1.29, 1.82) is 0 Å². The number of aromatic nitrogens is 1. The molecule has 0 atom stereocenters. The normalized spacial score (nSPS) is 15.0. The van der Waals surface area contributed by atoms with Crippen LogP contribution in [0.25, 0.3) is 22.0 Å². The Labute approximate surface area is 182 Å². The van der Waals surface area contributed by atoms with Gasteiger partial charge in [0.25, 0.3) is 5.91 Å². The van der Waals surface area contributed by atoms with Crippen molar-refractivity contribution in [3.05, 3.63) is 71.4 Å². The van der Waals surface area contributed by atoms with E-state index < -0.39 is 5.91 Å². The number of nitrogens with zero attached hydrogens (tertiary/aromatic N) is 1. The first-order valence-corrected chi connectivity index (χ1v) is 10.9. The summed E-state index contributed by atoms with van der Waals surface area (Å²) in [7, 11) is 0. The standard InChI is InChI=1S/C26H29N3O2/c1-18-19(17-20(30)8-6-16-29-14-3-2-4-15-29)7-5-9-21(18)22-10-11-24(26(27)31)25-23(22)12-13-28-25/h5-13,28H,2-4,14-17H2,1H3,(H2,27,31)/b8-6+. The van der Waals surface area contributed by atoms with E-state index in [0.717, 1.165) is 52.8 Å². The Morgan fingerprint density at radius 2 is 1.87 bits per heavy atom. The van der Waals surface area contributed by atoms with E-state index in [-0.39, 0.29) is 5.78 Å². The molecule has 160 valence electrons. The number of H-pyrrole nitrogens is 1. The van der Waals surface area contributed by atoms with Gasteiger partial charge in [-0.1, -0.05) is 36.8 Å². The lowest BCUT2D eigenvalue weighted by molar-refractivity contribution is -0.114. The highest BCUT2D eigenvalue weighted by Crippen LogP contribution is 2.33. The van der Waals surface area contributed by atoms with Gasteiger partial charge in [0.1, 0.15) is 0 Å². The number of rotatable bonds is 7. The zero-order valence-corrected chi connectivity index (χ0v) is 18.0. The Bertz CT molecular complexity index is 1140. The number of likely N-dealkylation sites (tertiary alicyclic amines) is 1. The summed E-state index contributed by atoms with van der Waals surface area (Å²) in [6.45, 7) is 5.15. The van der Waals surface area contributed by atoms with Gasteiger partial charge >= 0.3 is 0 Å². The maximum Gasteiger partial charge on any atom is 0.250 e. The molecule has 0 spiro atoms. The molecule has 0 radical (unpaired) electrons. The number of nitrogens with one attached hydrogen (secondary N) is 1. The zero-order chi connectivity index (χ0) is 21.8. The van der Waals surface area contributed by atoms with Crippen molar-refractivity contribution in [2.75, 3.05) is 19.6 Å². The van der Waals surface area contributed by atoms with E-state index in [1.807, 2.05) is 36.5 Å². The third-order valence-corrected chi connectivity index (χ3v) is 6.21. The fourth-order valence-electron chi connectivity index (χ4n) is 4.49. The molecule has 5 heteroatoms. The molecule has 1 fully saturated rings. The summed E-state index contributed by atoms with van der Waals surface area (Å²) >= 11 is 0. The quantitative estimate of drug-likeness (QED) is 0.562. The second kappa shape index (κ2) is 9.31. The summed E-state index contributed by atoms with van der Waals surface area (Å²) in [6, 6.07) is 11.7. The van der Waals surface area contributed by atoms with Crippen molar-refractivity contribution in [1.82, 2.24) is 9.88 Å². The summed E-state index contributed by atoms with van der Waals surface area (Å²) in [4.78, 5) is 29.9. The number of primary amides is 1. The van der Waals surface area contributed by atoms with Crippen LogP contribution in [0.1, 0.15) is 40.7 Å². The second-order valence-corrected chi connectivity index (χ2v) is 8.29. The van der Waals surface area contributed by atoms with Crippen molar-refractivity contribution in [2.45, 2.75) is 32.6 Å². The molecule has 0 aliphatic carbocycles. The molecular formula is C26H29N3O2. The second-order valence-electron chi connectivity index (χ2n) is 8.29. The minimum absolute atomic E-state index is 0.119. The highest BCUT2D eigenvalue weighted by molar-refractivity contribution is 6.09. The third-order valence-electron chi connectivity index (χ3n) is 6.21. The molecule has 0 saturated carbocycles. The summed E-state index contributed by atoms with van der Waals surface area (Å²) in [5.41, 5.74) is 10.9. The minimum atomic E-state index is -0.452. The number of carbonyl (C=O) groups excluding carboxylic acids is 2. The average molecular weight is 416 g/mol. The van der Waals surface area contributed by atoms with E-state index in [4.69, 9.17) is 5.73 Å². The largest absolute Gasteiger partial charge is 0.366 e. The van der Waals surface area contributed by atoms with E-state index in [1.165, 1.54) is 19.3 Å². The maximum absolute atomic E-state index is 12.6. The summed E-state index contributed by atoms with van der Waals surface area (Å²) in [5, 5.41) is 0.948. The predicted octanol–water partition coefficient (Wildman–Crippen LogP) is 4.40. The number of piperidine rings is 1. The Balaban J connectivity index is 1.54. The van der Waals surface area contributed by atoms with Gasteiger partial charge in [0.05, 0.1) is 11.1 Å². The van der Waals surface area contributed by atoms with Crippen LogP contribution in [0.2, 0.25) is 0 Å². The van der Waals surface area contributed by atoms with Crippen molar-refractivity contribution >= 4 is 22.6 Å². The van der Waals surface area contributed by atoms with Gasteiger partial charge in [0.2, 0.25) is 0 Å². The molecule has 0 bridgehead atoms. The number of amides is 1. The van der Waals surface area contributed by atoms with Gasteiger partial charge in [0, 0.05) is 24.5 Å². The molecule has 1 aromatic heterocycles. The number of hydrogen-bond donors (Lipinski definition) is 2. The maximum atomic E-state index is 12.6. The van der Waals surface area contributed by atoms with Crippen LogP contribution in [-0.4, -0.2) is 41.2 Å². The summed E-state index contributed by atoms with van der Waals surface area (Å²) < 4.78 is 0.